The SMILES string of the molecule is COCCCCC(CBr)(CBr)CC(C)C. The van der Waals surface area contributed by atoms with Gasteiger partial charge in [0.05, 0.1) is 0 Å². The fraction of sp³-hybridized carbons (Fsp3) is 1.00. The van der Waals surface area contributed by atoms with Crippen LogP contribution in [0, 0.1) is 11.3 Å². The largest absolute Gasteiger partial charge is 0.385 e. The fourth-order valence-electron chi connectivity index (χ4n) is 1.99. The van der Waals surface area contributed by atoms with Crippen molar-refractivity contribution < 1.29 is 4.74 Å². The zero-order valence-corrected chi connectivity index (χ0v) is 13.4. The normalized spacial score (nSPS) is 12.4. The second-order valence-electron chi connectivity index (χ2n) is 4.82. The van der Waals surface area contributed by atoms with Crippen LogP contribution in [-0.4, -0.2) is 24.4 Å². The Kier molecular flexibility index (Phi) is 9.55. The van der Waals surface area contributed by atoms with Crippen LogP contribution in [0.4, 0.5) is 0 Å². The number of halogens is 2. The van der Waals surface area contributed by atoms with Crippen LogP contribution in [0.1, 0.15) is 39.5 Å². The van der Waals surface area contributed by atoms with E-state index < -0.39 is 0 Å². The summed E-state index contributed by atoms with van der Waals surface area (Å²) in [5, 5.41) is 2.19. The summed E-state index contributed by atoms with van der Waals surface area (Å²) in [5.41, 5.74) is 0.432. The first kappa shape index (κ1) is 15.9. The van der Waals surface area contributed by atoms with Crippen LogP contribution in [0.5, 0.6) is 0 Å². The molecule has 0 fully saturated rings. The van der Waals surface area contributed by atoms with Gasteiger partial charge in [-0.25, -0.2) is 0 Å². The van der Waals surface area contributed by atoms with Crippen LogP contribution >= 0.6 is 31.9 Å². The summed E-state index contributed by atoms with van der Waals surface area (Å²) in [6, 6.07) is 0. The van der Waals surface area contributed by atoms with Crippen LogP contribution < -0.4 is 0 Å². The van der Waals surface area contributed by atoms with E-state index in [1.54, 1.807) is 7.11 Å². The third-order valence-electron chi connectivity index (χ3n) is 2.71. The zero-order chi connectivity index (χ0) is 11.7. The molecule has 0 aromatic carbocycles. The molecule has 0 aromatic heterocycles. The summed E-state index contributed by atoms with van der Waals surface area (Å²) in [5.74, 6) is 0.766. The molecule has 0 spiro atoms. The smallest absolute Gasteiger partial charge is 0.0462 e. The fourth-order valence-corrected chi connectivity index (χ4v) is 3.94. The number of alkyl halides is 2. The Labute approximate surface area is 112 Å². The van der Waals surface area contributed by atoms with Gasteiger partial charge in [-0.3, -0.25) is 0 Å². The van der Waals surface area contributed by atoms with Gasteiger partial charge in [0.15, 0.2) is 0 Å². The lowest BCUT2D eigenvalue weighted by Crippen LogP contribution is -2.27. The molecule has 0 rings (SSSR count). The summed E-state index contributed by atoms with van der Waals surface area (Å²) in [6.45, 7) is 5.49. The summed E-state index contributed by atoms with van der Waals surface area (Å²) >= 11 is 7.34. The Morgan fingerprint density at radius 2 is 1.73 bits per heavy atom. The van der Waals surface area contributed by atoms with Gasteiger partial charge in [0, 0.05) is 24.4 Å². The van der Waals surface area contributed by atoms with Gasteiger partial charge in [-0.15, -0.1) is 0 Å². The van der Waals surface area contributed by atoms with Crippen molar-refractivity contribution in [3.63, 3.8) is 0 Å². The number of hydrogen-bond donors (Lipinski definition) is 0. The minimum atomic E-state index is 0.432. The van der Waals surface area contributed by atoms with Crippen LogP contribution in [0.3, 0.4) is 0 Å². The first-order valence-corrected chi connectivity index (χ1v) is 7.95. The molecule has 0 saturated heterocycles. The van der Waals surface area contributed by atoms with Gasteiger partial charge >= 0.3 is 0 Å². The van der Waals surface area contributed by atoms with Crippen molar-refractivity contribution in [2.45, 2.75) is 39.5 Å². The molecule has 0 unspecified atom stereocenters. The van der Waals surface area contributed by atoms with Crippen molar-refractivity contribution in [2.75, 3.05) is 24.4 Å². The van der Waals surface area contributed by atoms with E-state index in [-0.39, 0.29) is 0 Å². The number of unbranched alkanes of at least 4 members (excludes halogenated alkanes) is 1. The highest BCUT2D eigenvalue weighted by Crippen LogP contribution is 2.36. The molecule has 0 heterocycles. The van der Waals surface area contributed by atoms with Gasteiger partial charge in [-0.05, 0) is 30.6 Å². The maximum atomic E-state index is 5.08. The van der Waals surface area contributed by atoms with Gasteiger partial charge in [0.2, 0.25) is 0 Å². The molecule has 0 aliphatic rings. The summed E-state index contributed by atoms with van der Waals surface area (Å²) in [6.07, 6.45) is 5.01. The van der Waals surface area contributed by atoms with Crippen molar-refractivity contribution in [2.24, 2.45) is 11.3 Å². The van der Waals surface area contributed by atoms with Crippen LogP contribution in [0.2, 0.25) is 0 Å². The van der Waals surface area contributed by atoms with Crippen molar-refractivity contribution in [3.05, 3.63) is 0 Å². The molecule has 0 saturated carbocycles. The van der Waals surface area contributed by atoms with Gasteiger partial charge in [0.1, 0.15) is 0 Å². The first-order chi connectivity index (χ1) is 7.10. The Hall–Kier alpha value is 0.920. The predicted octanol–water partition coefficient (Wildman–Crippen LogP) is 4.63. The highest BCUT2D eigenvalue weighted by Gasteiger charge is 2.28. The maximum absolute atomic E-state index is 5.08. The van der Waals surface area contributed by atoms with Gasteiger partial charge in [-0.2, -0.15) is 0 Å². The van der Waals surface area contributed by atoms with E-state index in [0.717, 1.165) is 23.2 Å². The van der Waals surface area contributed by atoms with E-state index in [0.29, 0.717) is 5.41 Å². The van der Waals surface area contributed by atoms with Crippen LogP contribution in [0.15, 0.2) is 0 Å². The number of ether oxygens (including phenoxy) is 1. The lowest BCUT2D eigenvalue weighted by Gasteiger charge is -2.32. The molecule has 15 heavy (non-hydrogen) atoms. The molecule has 0 aliphatic heterocycles. The molecule has 1 nitrogen and oxygen atoms in total. The van der Waals surface area contributed by atoms with Gasteiger partial charge in [0.25, 0.3) is 0 Å². The van der Waals surface area contributed by atoms with Gasteiger partial charge < -0.3 is 4.74 Å². The van der Waals surface area contributed by atoms with Crippen LogP contribution in [0.25, 0.3) is 0 Å². The third-order valence-corrected chi connectivity index (χ3v) is 5.09. The minimum Gasteiger partial charge on any atom is -0.385 e. The summed E-state index contributed by atoms with van der Waals surface area (Å²) < 4.78 is 5.08. The monoisotopic (exact) mass is 342 g/mol. The van der Waals surface area contributed by atoms with Crippen molar-refractivity contribution in [1.82, 2.24) is 0 Å². The molecule has 0 bridgehead atoms. The molecule has 0 atom stereocenters. The molecule has 0 amide bonds. The lowest BCUT2D eigenvalue weighted by molar-refractivity contribution is 0.183. The molecule has 0 N–H and O–H groups in total. The Morgan fingerprint density at radius 3 is 2.13 bits per heavy atom. The molecule has 3 heteroatoms. The van der Waals surface area contributed by atoms with Crippen molar-refractivity contribution >= 4 is 31.9 Å². The molecular formula is C12H24Br2O. The average molecular weight is 344 g/mol. The molecule has 0 radical (unpaired) electrons. The average Bonchev–Trinajstić information content (AvgIpc) is 2.22. The Balaban J connectivity index is 4.00. The summed E-state index contributed by atoms with van der Waals surface area (Å²) in [4.78, 5) is 0. The number of hydrogen-bond acceptors (Lipinski definition) is 1. The standard InChI is InChI=1S/C12H24Br2O/c1-11(2)8-12(9-13,10-14)6-4-5-7-15-3/h11H,4-10H2,1-3H3. The van der Waals surface area contributed by atoms with Gasteiger partial charge in [-0.1, -0.05) is 52.1 Å². The second kappa shape index (κ2) is 9.00. The molecule has 92 valence electrons. The highest BCUT2D eigenvalue weighted by atomic mass is 79.9. The predicted molar refractivity (Wildman–Crippen MR) is 75.2 cm³/mol. The number of methoxy groups -OCH3 is 1. The molecule has 0 aromatic rings. The van der Waals surface area contributed by atoms with Crippen molar-refractivity contribution in [3.8, 4) is 0 Å². The first-order valence-electron chi connectivity index (χ1n) is 5.71. The maximum Gasteiger partial charge on any atom is 0.0462 e. The second-order valence-corrected chi connectivity index (χ2v) is 5.94. The minimum absolute atomic E-state index is 0.432. The molecular weight excluding hydrogens is 320 g/mol. The summed E-state index contributed by atoms with van der Waals surface area (Å²) in [7, 11) is 1.77. The molecule has 0 aliphatic carbocycles. The van der Waals surface area contributed by atoms with E-state index >= 15 is 0 Å². The van der Waals surface area contributed by atoms with E-state index in [9.17, 15) is 0 Å². The number of rotatable bonds is 9. The van der Waals surface area contributed by atoms with Crippen molar-refractivity contribution in [1.29, 1.82) is 0 Å². The Morgan fingerprint density at radius 1 is 1.13 bits per heavy atom. The third kappa shape index (κ3) is 6.96. The van der Waals surface area contributed by atoms with Crippen LogP contribution in [-0.2, 0) is 4.74 Å². The van der Waals surface area contributed by atoms with E-state index in [2.05, 4.69) is 45.7 Å². The Bertz CT molecular complexity index is 145. The quantitative estimate of drug-likeness (QED) is 0.438. The highest BCUT2D eigenvalue weighted by molar-refractivity contribution is 9.09. The van der Waals surface area contributed by atoms with E-state index in [4.69, 9.17) is 4.74 Å². The lowest BCUT2D eigenvalue weighted by atomic mass is 9.80. The van der Waals surface area contributed by atoms with E-state index in [1.807, 2.05) is 0 Å². The topological polar surface area (TPSA) is 9.23 Å². The zero-order valence-electron chi connectivity index (χ0n) is 10.2. The van der Waals surface area contributed by atoms with E-state index in [1.165, 1.54) is 25.7 Å².